The molecule has 1 saturated heterocycles. The zero-order valence-corrected chi connectivity index (χ0v) is 19.5. The van der Waals surface area contributed by atoms with Gasteiger partial charge >= 0.3 is 6.03 Å². The normalized spacial score (nSPS) is 18.9. The number of H-pyrrole nitrogens is 1. The second-order valence-electron chi connectivity index (χ2n) is 9.21. The Morgan fingerprint density at radius 2 is 1.75 bits per heavy atom. The highest BCUT2D eigenvalue weighted by molar-refractivity contribution is 6.25. The number of carbonyl (C=O) groups is 3. The van der Waals surface area contributed by atoms with Crippen LogP contribution in [-0.2, 0) is 23.3 Å². The number of amides is 4. The van der Waals surface area contributed by atoms with E-state index in [4.69, 9.17) is 0 Å². The molecule has 2 aliphatic heterocycles. The summed E-state index contributed by atoms with van der Waals surface area (Å²) in [5.41, 5.74) is 2.13. The Balaban J connectivity index is 1.37. The van der Waals surface area contributed by atoms with Gasteiger partial charge < -0.3 is 15.2 Å². The highest BCUT2D eigenvalue weighted by atomic mass is 19.1. The average Bonchev–Trinajstić information content (AvgIpc) is 3.37. The predicted octanol–water partition coefficient (Wildman–Crippen LogP) is 4.48. The lowest BCUT2D eigenvalue weighted by Gasteiger charge is -2.35. The first-order valence-corrected chi connectivity index (χ1v) is 11.8. The van der Waals surface area contributed by atoms with Crippen LogP contribution in [0, 0.1) is 5.82 Å². The second kappa shape index (κ2) is 8.05. The molecule has 3 aromatic carbocycles. The molecule has 1 aromatic heterocycles. The third-order valence-electron chi connectivity index (χ3n) is 7.25. The molecule has 0 spiro atoms. The summed E-state index contributed by atoms with van der Waals surface area (Å²) >= 11 is 0. The van der Waals surface area contributed by atoms with Gasteiger partial charge in [-0.2, -0.15) is 0 Å². The number of urea groups is 1. The van der Waals surface area contributed by atoms with Gasteiger partial charge in [-0.3, -0.25) is 9.59 Å². The fourth-order valence-electron chi connectivity index (χ4n) is 5.38. The van der Waals surface area contributed by atoms with Gasteiger partial charge in [0.2, 0.25) is 0 Å². The molecule has 0 radical (unpaired) electrons. The molecule has 4 amide bonds. The summed E-state index contributed by atoms with van der Waals surface area (Å²) in [6.07, 6.45) is 0.618. The summed E-state index contributed by atoms with van der Waals surface area (Å²) in [5, 5.41) is 3.75. The number of nitrogens with zero attached hydrogens (tertiary/aromatic N) is 2. The van der Waals surface area contributed by atoms with Crippen LogP contribution in [0.15, 0.2) is 72.8 Å². The van der Waals surface area contributed by atoms with Gasteiger partial charge in [-0.15, -0.1) is 0 Å². The predicted molar refractivity (Wildman–Crippen MR) is 133 cm³/mol. The Hall–Kier alpha value is -4.46. The lowest BCUT2D eigenvalue weighted by molar-refractivity contribution is -0.125. The van der Waals surface area contributed by atoms with Crippen LogP contribution in [0.2, 0.25) is 0 Å². The van der Waals surface area contributed by atoms with E-state index >= 15 is 0 Å². The lowest BCUT2D eigenvalue weighted by atomic mass is 9.87. The van der Waals surface area contributed by atoms with Crippen molar-refractivity contribution in [3.8, 4) is 0 Å². The van der Waals surface area contributed by atoms with Crippen LogP contribution < -0.4 is 10.2 Å². The molecule has 2 aliphatic rings. The number of halogens is 1. The number of rotatable bonds is 4. The van der Waals surface area contributed by atoms with Crippen LogP contribution >= 0.6 is 0 Å². The van der Waals surface area contributed by atoms with Gasteiger partial charge in [0.05, 0.1) is 16.9 Å². The minimum Gasteiger partial charge on any atom is -0.356 e. The van der Waals surface area contributed by atoms with Gasteiger partial charge in [0, 0.05) is 29.6 Å². The summed E-state index contributed by atoms with van der Waals surface area (Å²) < 4.78 is 14.0. The van der Waals surface area contributed by atoms with Gasteiger partial charge in [-0.1, -0.05) is 48.5 Å². The summed E-state index contributed by atoms with van der Waals surface area (Å²) in [7, 11) is 0. The minimum atomic E-state index is -1.22. The monoisotopic (exact) mass is 482 g/mol. The van der Waals surface area contributed by atoms with Crippen molar-refractivity contribution in [2.75, 3.05) is 11.4 Å². The maximum Gasteiger partial charge on any atom is 0.332 e. The number of aromatic amines is 1. The average molecular weight is 483 g/mol. The van der Waals surface area contributed by atoms with Gasteiger partial charge in [-0.25, -0.2) is 14.1 Å². The molecular weight excluding hydrogens is 459 g/mol. The molecule has 0 saturated carbocycles. The maximum absolute atomic E-state index is 14.0. The molecule has 1 fully saturated rings. The summed E-state index contributed by atoms with van der Waals surface area (Å²) in [4.78, 5) is 46.8. The van der Waals surface area contributed by atoms with E-state index in [-0.39, 0.29) is 17.8 Å². The van der Waals surface area contributed by atoms with E-state index in [1.165, 1.54) is 6.07 Å². The number of hydrogen-bond donors (Lipinski definition) is 2. The number of anilines is 1. The number of fused-ring (bicyclic) bond motifs is 5. The van der Waals surface area contributed by atoms with Crippen LogP contribution in [0.25, 0.3) is 10.9 Å². The van der Waals surface area contributed by atoms with Crippen molar-refractivity contribution in [3.63, 3.8) is 0 Å². The Morgan fingerprint density at radius 1 is 1.03 bits per heavy atom. The third-order valence-corrected chi connectivity index (χ3v) is 7.25. The number of benzene rings is 3. The van der Waals surface area contributed by atoms with Crippen molar-refractivity contribution in [2.45, 2.75) is 25.4 Å². The maximum atomic E-state index is 14.0. The fraction of sp³-hybridized carbons (Fsp3) is 0.179. The van der Waals surface area contributed by atoms with E-state index in [9.17, 15) is 18.8 Å². The summed E-state index contributed by atoms with van der Waals surface area (Å²) in [6, 6.07) is 20.0. The number of imide groups is 1. The van der Waals surface area contributed by atoms with Crippen molar-refractivity contribution in [3.05, 3.63) is 101 Å². The summed E-state index contributed by atoms with van der Waals surface area (Å²) in [5.74, 6) is -1.35. The SMILES string of the molecule is CC12C(=O)N(c3ccccc3C(=O)NCc3ccccc3F)C(=O)N1CCc1c2[nH]c2ccccc12. The Bertz CT molecular complexity index is 1560. The zero-order valence-electron chi connectivity index (χ0n) is 19.5. The smallest absolute Gasteiger partial charge is 0.332 e. The molecule has 0 aliphatic carbocycles. The van der Waals surface area contributed by atoms with Crippen LogP contribution in [0.1, 0.15) is 34.1 Å². The molecule has 3 heterocycles. The number of carbonyl (C=O) groups excluding carboxylic acids is 3. The van der Waals surface area contributed by atoms with E-state index in [0.29, 0.717) is 24.2 Å². The molecule has 36 heavy (non-hydrogen) atoms. The molecular formula is C28H23FN4O3. The van der Waals surface area contributed by atoms with Gasteiger partial charge in [0.1, 0.15) is 5.82 Å². The molecule has 0 bridgehead atoms. The highest BCUT2D eigenvalue weighted by Gasteiger charge is 2.59. The molecule has 4 aromatic rings. The van der Waals surface area contributed by atoms with Crippen molar-refractivity contribution in [1.29, 1.82) is 0 Å². The third kappa shape index (κ3) is 3.07. The minimum absolute atomic E-state index is 0.0238. The van der Waals surface area contributed by atoms with Crippen molar-refractivity contribution in [1.82, 2.24) is 15.2 Å². The van der Waals surface area contributed by atoms with Crippen LogP contribution in [-0.4, -0.2) is 34.3 Å². The van der Waals surface area contributed by atoms with Crippen LogP contribution in [0.3, 0.4) is 0 Å². The van der Waals surface area contributed by atoms with Crippen LogP contribution in [0.4, 0.5) is 14.9 Å². The zero-order chi connectivity index (χ0) is 25.0. The molecule has 7 nitrogen and oxygen atoms in total. The largest absolute Gasteiger partial charge is 0.356 e. The molecule has 8 heteroatoms. The Labute approximate surface area is 206 Å². The molecule has 2 N–H and O–H groups in total. The number of para-hydroxylation sites is 2. The standard InChI is InChI=1S/C28H23FN4O3/c1-28-24-19(18-9-3-6-12-22(18)31-24)14-15-32(28)27(36)33(26(28)35)23-13-7-4-10-20(23)25(34)30-16-17-8-2-5-11-21(17)29/h2-13,31H,14-16H2,1H3,(H,30,34). The quantitative estimate of drug-likeness (QED) is 0.421. The van der Waals surface area contributed by atoms with E-state index in [2.05, 4.69) is 10.3 Å². The van der Waals surface area contributed by atoms with Crippen LogP contribution in [0.5, 0.6) is 0 Å². The van der Waals surface area contributed by atoms with Gasteiger partial charge in [0.25, 0.3) is 11.8 Å². The van der Waals surface area contributed by atoms with Gasteiger partial charge in [-0.05, 0) is 43.2 Å². The Morgan fingerprint density at radius 3 is 2.58 bits per heavy atom. The molecule has 180 valence electrons. The summed E-state index contributed by atoms with van der Waals surface area (Å²) in [6.45, 7) is 2.11. The van der Waals surface area contributed by atoms with E-state index in [1.54, 1.807) is 54.3 Å². The van der Waals surface area contributed by atoms with Gasteiger partial charge in [0.15, 0.2) is 5.54 Å². The van der Waals surface area contributed by atoms with Crippen molar-refractivity contribution >= 4 is 34.4 Å². The molecule has 6 rings (SSSR count). The first kappa shape index (κ1) is 22.0. The van der Waals surface area contributed by atoms with Crippen molar-refractivity contribution in [2.24, 2.45) is 0 Å². The number of nitrogens with one attached hydrogen (secondary N) is 2. The first-order valence-electron chi connectivity index (χ1n) is 11.8. The molecule has 1 atom stereocenters. The Kier molecular flexibility index (Phi) is 4.93. The van der Waals surface area contributed by atoms with Crippen molar-refractivity contribution < 1.29 is 18.8 Å². The second-order valence-corrected chi connectivity index (χ2v) is 9.21. The van der Waals surface area contributed by atoms with E-state index in [0.717, 1.165) is 21.4 Å². The van der Waals surface area contributed by atoms with E-state index < -0.39 is 29.2 Å². The number of aromatic nitrogens is 1. The first-order chi connectivity index (χ1) is 17.4. The number of hydrogen-bond acceptors (Lipinski definition) is 3. The van der Waals surface area contributed by atoms with E-state index in [1.807, 2.05) is 24.3 Å². The molecule has 1 unspecified atom stereocenters. The topological polar surface area (TPSA) is 85.5 Å². The fourth-order valence-corrected chi connectivity index (χ4v) is 5.38. The lowest BCUT2D eigenvalue weighted by Crippen LogP contribution is -2.49. The highest BCUT2D eigenvalue weighted by Crippen LogP contribution is 2.45.